The minimum atomic E-state index is -0.295. The lowest BCUT2D eigenvalue weighted by atomic mass is 9.88. The van der Waals surface area contributed by atoms with Gasteiger partial charge in [0.05, 0.1) is 12.7 Å². The molecule has 0 amide bonds. The lowest BCUT2D eigenvalue weighted by molar-refractivity contribution is 0.0601. The molecule has 4 nitrogen and oxygen atoms in total. The second-order valence-electron chi connectivity index (χ2n) is 5.17. The van der Waals surface area contributed by atoms with E-state index in [1.807, 2.05) is 0 Å². The molecule has 2 N–H and O–H groups in total. The molecule has 21 heavy (non-hydrogen) atoms. The van der Waals surface area contributed by atoms with Gasteiger partial charge in [-0.25, -0.2) is 4.79 Å². The maximum Gasteiger partial charge on any atom is 0.341 e. The van der Waals surface area contributed by atoms with E-state index in [0.717, 1.165) is 29.8 Å². The summed E-state index contributed by atoms with van der Waals surface area (Å²) in [7, 11) is 1.41. The summed E-state index contributed by atoms with van der Waals surface area (Å²) in [6.07, 6.45) is 4.77. The predicted octanol–water partition coefficient (Wildman–Crippen LogP) is 3.13. The number of carbonyl (C=O) groups is 1. The van der Waals surface area contributed by atoms with E-state index in [-0.39, 0.29) is 5.97 Å². The number of thiophene rings is 1. The average molecular weight is 324 g/mol. The van der Waals surface area contributed by atoms with Crippen molar-refractivity contribution in [2.24, 2.45) is 5.92 Å². The SMILES string of the molecule is C=CCNC(=S)Nc1sc2c(c1C(=O)OC)CCC(C)C2. The van der Waals surface area contributed by atoms with Crippen LogP contribution < -0.4 is 10.6 Å². The van der Waals surface area contributed by atoms with Crippen LogP contribution in [0.15, 0.2) is 12.7 Å². The average Bonchev–Trinajstić information content (AvgIpc) is 2.81. The van der Waals surface area contributed by atoms with Gasteiger partial charge in [-0.1, -0.05) is 13.0 Å². The first-order valence-electron chi connectivity index (χ1n) is 6.95. The minimum absolute atomic E-state index is 0.295. The Morgan fingerprint density at radius 1 is 1.62 bits per heavy atom. The van der Waals surface area contributed by atoms with Gasteiger partial charge in [0.25, 0.3) is 0 Å². The van der Waals surface area contributed by atoms with Crippen LogP contribution in [0.4, 0.5) is 5.00 Å². The Balaban J connectivity index is 2.29. The molecule has 6 heteroatoms. The van der Waals surface area contributed by atoms with Crippen molar-refractivity contribution < 1.29 is 9.53 Å². The monoisotopic (exact) mass is 324 g/mol. The lowest BCUT2D eigenvalue weighted by Crippen LogP contribution is -2.28. The van der Waals surface area contributed by atoms with Gasteiger partial charge >= 0.3 is 5.97 Å². The Morgan fingerprint density at radius 3 is 3.05 bits per heavy atom. The molecule has 1 aliphatic rings. The number of methoxy groups -OCH3 is 1. The third-order valence-electron chi connectivity index (χ3n) is 3.54. The standard InChI is InChI=1S/C15H20N2O2S2/c1-4-7-16-15(20)17-13-12(14(18)19-3)10-6-5-9(2)8-11(10)21-13/h4,9H,1,5-8H2,2-3H3,(H2,16,17,20). The van der Waals surface area contributed by atoms with Crippen LogP contribution in [0.5, 0.6) is 0 Å². The third-order valence-corrected chi connectivity index (χ3v) is 4.95. The van der Waals surface area contributed by atoms with Crippen molar-refractivity contribution in [3.05, 3.63) is 28.7 Å². The Bertz CT molecular complexity index is 566. The van der Waals surface area contributed by atoms with Crippen LogP contribution in [-0.4, -0.2) is 24.7 Å². The summed E-state index contributed by atoms with van der Waals surface area (Å²) in [6.45, 7) is 6.46. The minimum Gasteiger partial charge on any atom is -0.465 e. The highest BCUT2D eigenvalue weighted by Gasteiger charge is 2.28. The molecule has 1 aromatic heterocycles. The fourth-order valence-electron chi connectivity index (χ4n) is 2.47. The highest BCUT2D eigenvalue weighted by molar-refractivity contribution is 7.80. The van der Waals surface area contributed by atoms with Gasteiger partial charge in [-0.2, -0.15) is 0 Å². The summed E-state index contributed by atoms with van der Waals surface area (Å²) in [4.78, 5) is 13.4. The molecule has 0 saturated carbocycles. The number of rotatable bonds is 4. The molecule has 1 heterocycles. The zero-order chi connectivity index (χ0) is 15.4. The molecule has 0 bridgehead atoms. The van der Waals surface area contributed by atoms with Crippen LogP contribution in [0.2, 0.25) is 0 Å². The molecule has 0 radical (unpaired) electrons. The molecule has 2 rings (SSSR count). The number of hydrogen-bond acceptors (Lipinski definition) is 4. The number of nitrogens with one attached hydrogen (secondary N) is 2. The van der Waals surface area contributed by atoms with Crippen molar-refractivity contribution in [1.29, 1.82) is 0 Å². The molecule has 0 aliphatic heterocycles. The van der Waals surface area contributed by atoms with Crippen LogP contribution in [0.1, 0.15) is 34.1 Å². The van der Waals surface area contributed by atoms with Gasteiger partial charge in [-0.15, -0.1) is 17.9 Å². The Labute approximate surface area is 134 Å². The third kappa shape index (κ3) is 3.63. The molecule has 1 unspecified atom stereocenters. The summed E-state index contributed by atoms with van der Waals surface area (Å²) >= 11 is 6.84. The highest BCUT2D eigenvalue weighted by Crippen LogP contribution is 2.39. The van der Waals surface area contributed by atoms with E-state index in [1.165, 1.54) is 12.0 Å². The molecule has 0 fully saturated rings. The zero-order valence-corrected chi connectivity index (χ0v) is 14.0. The fourth-order valence-corrected chi connectivity index (χ4v) is 4.12. The smallest absolute Gasteiger partial charge is 0.341 e. The van der Waals surface area contributed by atoms with Crippen molar-refractivity contribution in [2.75, 3.05) is 19.0 Å². The lowest BCUT2D eigenvalue weighted by Gasteiger charge is -2.18. The maximum atomic E-state index is 12.1. The quantitative estimate of drug-likeness (QED) is 0.506. The molecular weight excluding hydrogens is 304 g/mol. The summed E-state index contributed by atoms with van der Waals surface area (Å²) in [5, 5.41) is 7.41. The number of anilines is 1. The van der Waals surface area contributed by atoms with E-state index in [2.05, 4.69) is 24.1 Å². The van der Waals surface area contributed by atoms with Gasteiger partial charge < -0.3 is 15.4 Å². The first-order chi connectivity index (χ1) is 10.1. The van der Waals surface area contributed by atoms with Gasteiger partial charge in [0.15, 0.2) is 5.11 Å². The topological polar surface area (TPSA) is 50.4 Å². The number of esters is 1. The highest BCUT2D eigenvalue weighted by atomic mass is 32.1. The second kappa shape index (κ2) is 7.04. The number of thiocarbonyl (C=S) groups is 1. The van der Waals surface area contributed by atoms with Crippen molar-refractivity contribution >= 4 is 39.6 Å². The largest absolute Gasteiger partial charge is 0.465 e. The molecular formula is C15H20N2O2S2. The summed E-state index contributed by atoms with van der Waals surface area (Å²) in [5.41, 5.74) is 1.77. The van der Waals surface area contributed by atoms with E-state index in [1.54, 1.807) is 17.4 Å². The van der Waals surface area contributed by atoms with E-state index in [0.29, 0.717) is 23.1 Å². The molecule has 1 aromatic rings. The maximum absolute atomic E-state index is 12.1. The van der Waals surface area contributed by atoms with Crippen molar-refractivity contribution in [2.45, 2.75) is 26.2 Å². The van der Waals surface area contributed by atoms with Crippen molar-refractivity contribution in [3.63, 3.8) is 0 Å². The summed E-state index contributed by atoms with van der Waals surface area (Å²) < 4.78 is 4.94. The van der Waals surface area contributed by atoms with E-state index < -0.39 is 0 Å². The molecule has 1 aliphatic carbocycles. The molecule has 1 atom stereocenters. The first kappa shape index (κ1) is 16.0. The van der Waals surface area contributed by atoms with Gasteiger partial charge in [0, 0.05) is 11.4 Å². The fraction of sp³-hybridized carbons (Fsp3) is 0.467. The number of fused-ring (bicyclic) bond motifs is 1. The second-order valence-corrected chi connectivity index (χ2v) is 6.68. The normalized spacial score (nSPS) is 16.8. The van der Waals surface area contributed by atoms with E-state index >= 15 is 0 Å². The van der Waals surface area contributed by atoms with Crippen LogP contribution in [-0.2, 0) is 17.6 Å². The van der Waals surface area contributed by atoms with Crippen molar-refractivity contribution in [3.8, 4) is 0 Å². The van der Waals surface area contributed by atoms with Gasteiger partial charge in [0.2, 0.25) is 0 Å². The van der Waals surface area contributed by atoms with Gasteiger partial charge in [0.1, 0.15) is 5.00 Å². The van der Waals surface area contributed by atoms with E-state index in [9.17, 15) is 4.79 Å². The molecule has 0 aromatic carbocycles. The first-order valence-corrected chi connectivity index (χ1v) is 8.17. The number of ether oxygens (including phenoxy) is 1. The predicted molar refractivity (Wildman–Crippen MR) is 91.3 cm³/mol. The zero-order valence-electron chi connectivity index (χ0n) is 12.3. The van der Waals surface area contributed by atoms with Crippen LogP contribution in [0.3, 0.4) is 0 Å². The van der Waals surface area contributed by atoms with Gasteiger partial charge in [-0.3, -0.25) is 0 Å². The van der Waals surface area contributed by atoms with Gasteiger partial charge in [-0.05, 0) is 43.0 Å². The molecule has 0 saturated heterocycles. The molecule has 114 valence electrons. The van der Waals surface area contributed by atoms with Crippen LogP contribution in [0, 0.1) is 5.92 Å². The van der Waals surface area contributed by atoms with Crippen LogP contribution in [0.25, 0.3) is 0 Å². The number of hydrogen-bond donors (Lipinski definition) is 2. The Kier molecular flexibility index (Phi) is 5.36. The Hall–Kier alpha value is -1.40. The van der Waals surface area contributed by atoms with Crippen molar-refractivity contribution in [1.82, 2.24) is 5.32 Å². The number of carbonyl (C=O) groups excluding carboxylic acids is 1. The van der Waals surface area contributed by atoms with E-state index in [4.69, 9.17) is 17.0 Å². The summed E-state index contributed by atoms with van der Waals surface area (Å²) in [5.74, 6) is 0.358. The van der Waals surface area contributed by atoms with Crippen LogP contribution >= 0.6 is 23.6 Å². The molecule has 0 spiro atoms. The Morgan fingerprint density at radius 2 is 2.38 bits per heavy atom. The summed E-state index contributed by atoms with van der Waals surface area (Å²) in [6, 6.07) is 0.